The van der Waals surface area contributed by atoms with Gasteiger partial charge in [-0.3, -0.25) is 4.90 Å². The summed E-state index contributed by atoms with van der Waals surface area (Å²) < 4.78 is 18.6. The van der Waals surface area contributed by atoms with Crippen molar-refractivity contribution in [3.05, 3.63) is 71.8 Å². The maximum Gasteiger partial charge on any atom is 0.347 e. The summed E-state index contributed by atoms with van der Waals surface area (Å²) in [5.41, 5.74) is -0.902. The maximum absolute atomic E-state index is 13.1. The minimum absolute atomic E-state index is 0.118. The third-order valence-electron chi connectivity index (χ3n) is 5.28. The van der Waals surface area contributed by atoms with E-state index in [9.17, 15) is 14.3 Å². The molecule has 1 N–H and O–H groups in total. The standard InChI is InChI=1S/C22H26FNO3/c1-17(16-23)24-14-12-20(13-15-24)27-21(25)22(26,18-8-4-2-5-9-18)19-10-6-3-7-11-19/h2-11,17,20,26H,12-16H2,1H3. The third-order valence-corrected chi connectivity index (χ3v) is 5.28. The Morgan fingerprint density at radius 3 is 2.04 bits per heavy atom. The normalized spacial score (nSPS) is 17.4. The Labute approximate surface area is 159 Å². The second-order valence-corrected chi connectivity index (χ2v) is 7.09. The maximum atomic E-state index is 13.1. The highest BCUT2D eigenvalue weighted by molar-refractivity contribution is 5.85. The number of benzene rings is 2. The lowest BCUT2D eigenvalue weighted by Crippen LogP contribution is -2.46. The van der Waals surface area contributed by atoms with Crippen molar-refractivity contribution in [1.82, 2.24) is 4.90 Å². The Bertz CT molecular complexity index is 690. The van der Waals surface area contributed by atoms with E-state index < -0.39 is 11.6 Å². The van der Waals surface area contributed by atoms with Crippen molar-refractivity contribution in [3.63, 3.8) is 0 Å². The average molecular weight is 371 g/mol. The Hall–Kier alpha value is -2.24. The van der Waals surface area contributed by atoms with Gasteiger partial charge in [-0.1, -0.05) is 60.7 Å². The lowest BCUT2D eigenvalue weighted by Gasteiger charge is -2.36. The van der Waals surface area contributed by atoms with Gasteiger partial charge in [0.2, 0.25) is 5.60 Å². The molecule has 2 aromatic rings. The molecular formula is C22H26FNO3. The molecule has 0 saturated carbocycles. The molecule has 5 heteroatoms. The molecule has 1 aliphatic rings. The predicted molar refractivity (Wildman–Crippen MR) is 102 cm³/mol. The predicted octanol–water partition coefficient (Wildman–Crippen LogP) is 3.29. The van der Waals surface area contributed by atoms with Gasteiger partial charge >= 0.3 is 5.97 Å². The summed E-state index contributed by atoms with van der Waals surface area (Å²) in [5, 5.41) is 11.4. The van der Waals surface area contributed by atoms with Crippen molar-refractivity contribution >= 4 is 5.97 Å². The lowest BCUT2D eigenvalue weighted by molar-refractivity contribution is -0.170. The number of likely N-dealkylation sites (tertiary alicyclic amines) is 1. The highest BCUT2D eigenvalue weighted by Crippen LogP contribution is 2.32. The van der Waals surface area contributed by atoms with Crippen LogP contribution in [0.15, 0.2) is 60.7 Å². The van der Waals surface area contributed by atoms with Crippen LogP contribution < -0.4 is 0 Å². The minimum atomic E-state index is -1.86. The summed E-state index contributed by atoms with van der Waals surface area (Å²) in [6.45, 7) is 2.83. The van der Waals surface area contributed by atoms with E-state index >= 15 is 0 Å². The van der Waals surface area contributed by atoms with Gasteiger partial charge in [-0.25, -0.2) is 9.18 Å². The Morgan fingerprint density at radius 1 is 1.11 bits per heavy atom. The molecular weight excluding hydrogens is 345 g/mol. The average Bonchev–Trinajstić information content (AvgIpc) is 2.74. The van der Waals surface area contributed by atoms with Crippen LogP contribution in [0.3, 0.4) is 0 Å². The fourth-order valence-electron chi connectivity index (χ4n) is 3.53. The van der Waals surface area contributed by atoms with Gasteiger partial charge in [-0.2, -0.15) is 0 Å². The zero-order valence-corrected chi connectivity index (χ0v) is 15.6. The number of alkyl halides is 1. The van der Waals surface area contributed by atoms with Crippen molar-refractivity contribution in [1.29, 1.82) is 0 Å². The SMILES string of the molecule is CC(CF)N1CCC(OC(=O)C(O)(c2ccccc2)c2ccccc2)CC1. The van der Waals surface area contributed by atoms with Crippen LogP contribution in [0.2, 0.25) is 0 Å². The van der Waals surface area contributed by atoms with Gasteiger partial charge < -0.3 is 9.84 Å². The van der Waals surface area contributed by atoms with Crippen LogP contribution in [-0.2, 0) is 15.1 Å². The molecule has 1 aliphatic heterocycles. The summed E-state index contributed by atoms with van der Waals surface area (Å²) in [4.78, 5) is 15.1. The van der Waals surface area contributed by atoms with Crippen molar-refractivity contribution in [2.45, 2.75) is 37.5 Å². The van der Waals surface area contributed by atoms with Crippen LogP contribution in [0.5, 0.6) is 0 Å². The molecule has 1 fully saturated rings. The summed E-state index contributed by atoms with van der Waals surface area (Å²) in [7, 11) is 0. The van der Waals surface area contributed by atoms with Crippen LogP contribution in [-0.4, -0.2) is 47.9 Å². The summed E-state index contributed by atoms with van der Waals surface area (Å²) >= 11 is 0. The van der Waals surface area contributed by atoms with Gasteiger partial charge in [-0.05, 0) is 30.9 Å². The first-order chi connectivity index (χ1) is 13.1. The van der Waals surface area contributed by atoms with E-state index in [1.165, 1.54) is 0 Å². The van der Waals surface area contributed by atoms with Crippen LogP contribution in [0, 0.1) is 0 Å². The molecule has 1 saturated heterocycles. The summed E-state index contributed by atoms with van der Waals surface area (Å²) in [6, 6.07) is 17.6. The molecule has 0 radical (unpaired) electrons. The first-order valence-corrected chi connectivity index (χ1v) is 9.40. The second kappa shape index (κ2) is 8.63. The molecule has 0 aliphatic carbocycles. The van der Waals surface area contributed by atoms with Crippen LogP contribution in [0.1, 0.15) is 30.9 Å². The zero-order chi connectivity index (χ0) is 19.3. The van der Waals surface area contributed by atoms with E-state index in [4.69, 9.17) is 4.74 Å². The first kappa shape index (κ1) is 19.5. The quantitative estimate of drug-likeness (QED) is 0.792. The highest BCUT2D eigenvalue weighted by Gasteiger charge is 2.43. The van der Waals surface area contributed by atoms with Crippen LogP contribution in [0.4, 0.5) is 4.39 Å². The number of ether oxygens (including phenoxy) is 1. The Balaban J connectivity index is 1.77. The van der Waals surface area contributed by atoms with Crippen molar-refractivity contribution in [2.24, 2.45) is 0 Å². The van der Waals surface area contributed by atoms with E-state index in [2.05, 4.69) is 4.90 Å². The number of nitrogens with zero attached hydrogens (tertiary/aromatic N) is 1. The Morgan fingerprint density at radius 2 is 1.59 bits per heavy atom. The molecule has 3 rings (SSSR count). The smallest absolute Gasteiger partial charge is 0.347 e. The molecule has 1 heterocycles. The largest absolute Gasteiger partial charge is 0.460 e. The minimum Gasteiger partial charge on any atom is -0.460 e. The lowest BCUT2D eigenvalue weighted by atomic mass is 9.86. The number of esters is 1. The topological polar surface area (TPSA) is 49.8 Å². The molecule has 1 atom stereocenters. The second-order valence-electron chi connectivity index (χ2n) is 7.09. The van der Waals surface area contributed by atoms with Gasteiger partial charge in [0, 0.05) is 19.1 Å². The summed E-state index contributed by atoms with van der Waals surface area (Å²) in [5.74, 6) is -0.670. The number of carbonyl (C=O) groups is 1. The molecule has 1 unspecified atom stereocenters. The molecule has 0 bridgehead atoms. The fourth-order valence-corrected chi connectivity index (χ4v) is 3.53. The molecule has 0 aromatic heterocycles. The molecule has 27 heavy (non-hydrogen) atoms. The van der Waals surface area contributed by atoms with Gasteiger partial charge in [0.05, 0.1) is 0 Å². The van der Waals surface area contributed by atoms with Crippen molar-refractivity contribution in [2.75, 3.05) is 19.8 Å². The van der Waals surface area contributed by atoms with Crippen molar-refractivity contribution < 1.29 is 19.0 Å². The number of piperidine rings is 1. The molecule has 2 aromatic carbocycles. The Kier molecular flexibility index (Phi) is 6.24. The highest BCUT2D eigenvalue weighted by atomic mass is 19.1. The van der Waals surface area contributed by atoms with E-state index in [0.717, 1.165) is 0 Å². The third kappa shape index (κ3) is 4.20. The van der Waals surface area contributed by atoms with Gasteiger partial charge in [0.25, 0.3) is 0 Å². The summed E-state index contributed by atoms with van der Waals surface area (Å²) in [6.07, 6.45) is 0.991. The van der Waals surface area contributed by atoms with Gasteiger partial charge in [0.1, 0.15) is 12.8 Å². The van der Waals surface area contributed by atoms with Crippen molar-refractivity contribution in [3.8, 4) is 0 Å². The van der Waals surface area contributed by atoms with Gasteiger partial charge in [-0.15, -0.1) is 0 Å². The van der Waals surface area contributed by atoms with E-state index in [1.807, 2.05) is 19.1 Å². The zero-order valence-electron chi connectivity index (χ0n) is 15.6. The first-order valence-electron chi connectivity index (χ1n) is 9.40. The number of hydrogen-bond donors (Lipinski definition) is 1. The molecule has 0 amide bonds. The number of hydrogen-bond acceptors (Lipinski definition) is 4. The molecule has 4 nitrogen and oxygen atoms in total. The number of rotatable bonds is 6. The van der Waals surface area contributed by atoms with Gasteiger partial charge in [0.15, 0.2) is 0 Å². The van der Waals surface area contributed by atoms with Crippen LogP contribution >= 0.6 is 0 Å². The van der Waals surface area contributed by atoms with E-state index in [-0.39, 0.29) is 18.8 Å². The monoisotopic (exact) mass is 371 g/mol. The molecule has 144 valence electrons. The fraction of sp³-hybridized carbons (Fsp3) is 0.409. The van der Waals surface area contributed by atoms with E-state index in [1.54, 1.807) is 48.5 Å². The number of aliphatic hydroxyl groups is 1. The number of carbonyl (C=O) groups excluding carboxylic acids is 1. The van der Waals surface area contributed by atoms with Crippen LogP contribution in [0.25, 0.3) is 0 Å². The van der Waals surface area contributed by atoms with E-state index in [0.29, 0.717) is 37.1 Å². The number of halogens is 1. The molecule has 0 spiro atoms.